The van der Waals surface area contributed by atoms with Gasteiger partial charge in [-0.3, -0.25) is 9.52 Å². The van der Waals surface area contributed by atoms with E-state index >= 15 is 0 Å². The second-order valence-electron chi connectivity index (χ2n) is 6.18. The lowest BCUT2D eigenvalue weighted by atomic mass is 10.2. The fourth-order valence-electron chi connectivity index (χ4n) is 2.78. The Hall–Kier alpha value is -3.07. The van der Waals surface area contributed by atoms with Crippen LogP contribution >= 0.6 is 0 Å². The molecule has 0 aromatic heterocycles. The third-order valence-electron chi connectivity index (χ3n) is 4.06. The second-order valence-corrected chi connectivity index (χ2v) is 7.86. The number of carboxylic acids is 1. The average molecular weight is 390 g/mol. The molecule has 0 bridgehead atoms. The van der Waals surface area contributed by atoms with Gasteiger partial charge >= 0.3 is 5.97 Å². The normalized spacial score (nSPS) is 16.2. The second kappa shape index (κ2) is 6.92. The number of anilines is 2. The lowest BCUT2D eigenvalue weighted by molar-refractivity contribution is -0.117. The first-order chi connectivity index (χ1) is 12.7. The van der Waals surface area contributed by atoms with Crippen molar-refractivity contribution in [3.05, 3.63) is 48.0 Å². The van der Waals surface area contributed by atoms with Crippen molar-refractivity contribution in [1.82, 2.24) is 0 Å². The molecule has 1 aliphatic heterocycles. The minimum absolute atomic E-state index is 0.0343. The monoisotopic (exact) mass is 390 g/mol. The van der Waals surface area contributed by atoms with E-state index in [1.165, 1.54) is 54.3 Å². The van der Waals surface area contributed by atoms with Crippen molar-refractivity contribution in [1.29, 1.82) is 0 Å². The van der Waals surface area contributed by atoms with E-state index in [0.29, 0.717) is 18.0 Å². The average Bonchev–Trinajstić information content (AvgIpc) is 2.60. The lowest BCUT2D eigenvalue weighted by Gasteiger charge is -2.33. The predicted octanol–water partition coefficient (Wildman–Crippen LogP) is 2.32. The van der Waals surface area contributed by atoms with Crippen LogP contribution in [0.4, 0.5) is 11.4 Å². The molecule has 1 unspecified atom stereocenters. The van der Waals surface area contributed by atoms with E-state index in [1.54, 1.807) is 0 Å². The van der Waals surface area contributed by atoms with Gasteiger partial charge in [0.05, 0.1) is 22.7 Å². The summed E-state index contributed by atoms with van der Waals surface area (Å²) < 4.78 is 33.4. The zero-order chi connectivity index (χ0) is 19.8. The van der Waals surface area contributed by atoms with Crippen LogP contribution in [0.1, 0.15) is 24.2 Å². The molecule has 0 saturated heterocycles. The number of carbonyl (C=O) groups excluding carboxylic acids is 1. The number of hydrogen-bond acceptors (Lipinski definition) is 5. The molecule has 2 N–H and O–H groups in total. The van der Waals surface area contributed by atoms with Gasteiger partial charge in [0.1, 0.15) is 11.9 Å². The van der Waals surface area contributed by atoms with Crippen LogP contribution in [0.25, 0.3) is 0 Å². The third-order valence-corrected chi connectivity index (χ3v) is 5.44. The van der Waals surface area contributed by atoms with Crippen molar-refractivity contribution in [2.45, 2.75) is 24.8 Å². The molecule has 1 atom stereocenters. The quantitative estimate of drug-likeness (QED) is 0.828. The fraction of sp³-hybridized carbons (Fsp3) is 0.222. The van der Waals surface area contributed by atoms with Gasteiger partial charge in [-0.05, 0) is 49.4 Å². The fourth-order valence-corrected chi connectivity index (χ4v) is 3.86. The summed E-state index contributed by atoms with van der Waals surface area (Å²) in [6.45, 7) is 3.56. The predicted molar refractivity (Wildman–Crippen MR) is 98.8 cm³/mol. The molecule has 2 aromatic rings. The van der Waals surface area contributed by atoms with Gasteiger partial charge in [-0.15, -0.1) is 0 Å². The van der Waals surface area contributed by atoms with E-state index < -0.39 is 16.0 Å². The van der Waals surface area contributed by atoms with Gasteiger partial charge in [0.2, 0.25) is 5.91 Å². The van der Waals surface area contributed by atoms with Crippen LogP contribution in [0.2, 0.25) is 0 Å². The molecule has 0 fully saturated rings. The molecule has 1 heterocycles. The molecule has 1 amide bonds. The molecule has 2 aromatic carbocycles. The summed E-state index contributed by atoms with van der Waals surface area (Å²) in [5, 5.41) is 8.90. The van der Waals surface area contributed by atoms with Crippen LogP contribution < -0.4 is 14.4 Å². The van der Waals surface area contributed by atoms with E-state index in [-0.39, 0.29) is 28.2 Å². The number of ether oxygens (including phenoxy) is 1. The van der Waals surface area contributed by atoms with Gasteiger partial charge < -0.3 is 14.7 Å². The molecular formula is C18H18N2O6S. The van der Waals surface area contributed by atoms with Gasteiger partial charge in [-0.2, -0.15) is 0 Å². The number of aromatic carboxylic acids is 1. The number of rotatable bonds is 4. The third kappa shape index (κ3) is 3.87. The van der Waals surface area contributed by atoms with Crippen molar-refractivity contribution < 1.29 is 27.9 Å². The minimum atomic E-state index is -3.93. The maximum atomic E-state index is 12.7. The van der Waals surface area contributed by atoms with E-state index in [9.17, 15) is 18.0 Å². The van der Waals surface area contributed by atoms with Crippen LogP contribution in [0.15, 0.2) is 47.4 Å². The first kappa shape index (κ1) is 18.7. The Labute approximate surface area is 156 Å². The van der Waals surface area contributed by atoms with E-state index in [2.05, 4.69) is 4.72 Å². The lowest BCUT2D eigenvalue weighted by Crippen LogP contribution is -2.41. The van der Waals surface area contributed by atoms with Crippen LogP contribution in [0.3, 0.4) is 0 Å². The zero-order valence-electron chi connectivity index (χ0n) is 14.7. The summed E-state index contributed by atoms with van der Waals surface area (Å²) in [5.41, 5.74) is 0.672. The van der Waals surface area contributed by atoms with E-state index in [4.69, 9.17) is 9.84 Å². The highest BCUT2D eigenvalue weighted by molar-refractivity contribution is 7.92. The number of hydrogen-bond donors (Lipinski definition) is 2. The molecule has 1 aliphatic rings. The highest BCUT2D eigenvalue weighted by Crippen LogP contribution is 2.35. The topological polar surface area (TPSA) is 113 Å². The van der Waals surface area contributed by atoms with Crippen molar-refractivity contribution in [3.8, 4) is 5.75 Å². The Kier molecular flexibility index (Phi) is 4.79. The highest BCUT2D eigenvalue weighted by Gasteiger charge is 2.28. The summed E-state index contributed by atoms with van der Waals surface area (Å²) in [6, 6.07) is 9.64. The molecule has 8 nitrogen and oxygen atoms in total. The largest absolute Gasteiger partial charge is 0.487 e. The summed E-state index contributed by atoms with van der Waals surface area (Å²) in [6.07, 6.45) is -0.199. The Balaban J connectivity index is 1.92. The van der Waals surface area contributed by atoms with Gasteiger partial charge in [0.25, 0.3) is 10.0 Å². The number of fused-ring (bicyclic) bond motifs is 1. The van der Waals surface area contributed by atoms with Crippen molar-refractivity contribution in [2.24, 2.45) is 0 Å². The van der Waals surface area contributed by atoms with Crippen molar-refractivity contribution >= 4 is 33.3 Å². The number of benzene rings is 2. The van der Waals surface area contributed by atoms with E-state index in [1.807, 2.05) is 6.92 Å². The number of nitrogens with one attached hydrogen (secondary N) is 1. The Morgan fingerprint density at radius 1 is 1.19 bits per heavy atom. The Morgan fingerprint density at radius 3 is 2.44 bits per heavy atom. The van der Waals surface area contributed by atoms with Crippen LogP contribution in [-0.2, 0) is 14.8 Å². The maximum Gasteiger partial charge on any atom is 0.335 e. The molecule has 27 heavy (non-hydrogen) atoms. The first-order valence-corrected chi connectivity index (χ1v) is 9.60. The SMILES string of the molecule is CC(=O)N1CC(C)Oc2ccc(S(=O)(=O)Nc3ccc(C(=O)O)cc3)cc21. The smallest absolute Gasteiger partial charge is 0.335 e. The summed E-state index contributed by atoms with van der Waals surface area (Å²) >= 11 is 0. The van der Waals surface area contributed by atoms with Gasteiger partial charge in [0, 0.05) is 12.6 Å². The number of sulfonamides is 1. The molecule has 0 aliphatic carbocycles. The molecule has 142 valence electrons. The molecule has 0 spiro atoms. The maximum absolute atomic E-state index is 12.7. The molecule has 9 heteroatoms. The summed E-state index contributed by atoms with van der Waals surface area (Å²) in [4.78, 5) is 24.2. The summed E-state index contributed by atoms with van der Waals surface area (Å²) in [7, 11) is -3.93. The Morgan fingerprint density at radius 2 is 1.85 bits per heavy atom. The van der Waals surface area contributed by atoms with Gasteiger partial charge in [0.15, 0.2) is 0 Å². The number of carboxylic acid groups (broad SMARTS) is 1. The highest BCUT2D eigenvalue weighted by atomic mass is 32.2. The number of carbonyl (C=O) groups is 2. The van der Waals surface area contributed by atoms with Gasteiger partial charge in [-0.1, -0.05) is 0 Å². The molecule has 3 rings (SSSR count). The minimum Gasteiger partial charge on any atom is -0.487 e. The zero-order valence-corrected chi connectivity index (χ0v) is 15.5. The van der Waals surface area contributed by atoms with Gasteiger partial charge in [-0.25, -0.2) is 13.2 Å². The number of nitrogens with zero attached hydrogens (tertiary/aromatic N) is 1. The first-order valence-electron chi connectivity index (χ1n) is 8.12. The Bertz CT molecular complexity index is 1000. The van der Waals surface area contributed by atoms with Crippen LogP contribution in [0.5, 0.6) is 5.75 Å². The molecule has 0 saturated carbocycles. The van der Waals surface area contributed by atoms with Crippen molar-refractivity contribution in [2.75, 3.05) is 16.2 Å². The number of amides is 1. The van der Waals surface area contributed by atoms with Crippen LogP contribution in [-0.4, -0.2) is 38.0 Å². The molecular weight excluding hydrogens is 372 g/mol. The molecule has 0 radical (unpaired) electrons. The van der Waals surface area contributed by atoms with Crippen LogP contribution in [0, 0.1) is 0 Å². The van der Waals surface area contributed by atoms with Crippen molar-refractivity contribution in [3.63, 3.8) is 0 Å². The van der Waals surface area contributed by atoms with E-state index in [0.717, 1.165) is 0 Å². The standard InChI is InChI=1S/C18H18N2O6S/c1-11-10-20(12(2)21)16-9-15(7-8-17(16)26-11)27(24,25)19-14-5-3-13(4-6-14)18(22)23/h3-9,11,19H,10H2,1-2H3,(H,22,23). The summed E-state index contributed by atoms with van der Waals surface area (Å²) in [5.74, 6) is -0.871.